The average molecular weight is 286 g/mol. The second-order valence-electron chi connectivity index (χ2n) is 7.84. The van der Waals surface area contributed by atoms with Gasteiger partial charge in [0.2, 0.25) is 6.17 Å². The van der Waals surface area contributed by atoms with E-state index in [9.17, 15) is 4.79 Å². The standard InChI is InChI=1S/C18H24N2O/c1-4-18-11-19-9-17(3,16(18)21)10-20(12-18)15(19)14-8-6-5-7-13(14)2/h5-8,15H,4,9-12H2,1-3H3/p+2. The van der Waals surface area contributed by atoms with Gasteiger partial charge in [-0.3, -0.25) is 14.6 Å². The van der Waals surface area contributed by atoms with Crippen molar-refractivity contribution in [3.05, 3.63) is 35.4 Å². The van der Waals surface area contributed by atoms with Crippen LogP contribution in [0.3, 0.4) is 0 Å². The maximum Gasteiger partial charge on any atom is 0.240 e. The van der Waals surface area contributed by atoms with Crippen LogP contribution >= 0.6 is 0 Å². The molecule has 4 bridgehead atoms. The second kappa shape index (κ2) is 4.17. The minimum Gasteiger partial charge on any atom is -0.297 e. The summed E-state index contributed by atoms with van der Waals surface area (Å²) in [5.41, 5.74) is 2.76. The highest BCUT2D eigenvalue weighted by Gasteiger charge is 2.69. The van der Waals surface area contributed by atoms with Gasteiger partial charge in [0.25, 0.3) is 0 Å². The van der Waals surface area contributed by atoms with Crippen LogP contribution in [0.5, 0.6) is 0 Å². The van der Waals surface area contributed by atoms with Crippen molar-refractivity contribution in [2.24, 2.45) is 10.8 Å². The molecule has 1 aromatic rings. The molecule has 4 fully saturated rings. The van der Waals surface area contributed by atoms with Crippen LogP contribution in [-0.2, 0) is 4.79 Å². The van der Waals surface area contributed by atoms with E-state index in [0.717, 1.165) is 32.6 Å². The molecular formula is C18H26N2O+2. The Bertz CT molecular complexity index is 593. The molecule has 0 spiro atoms. The summed E-state index contributed by atoms with van der Waals surface area (Å²) < 4.78 is 0. The van der Waals surface area contributed by atoms with Crippen LogP contribution in [0.1, 0.15) is 37.6 Å². The van der Waals surface area contributed by atoms with Crippen LogP contribution < -0.4 is 9.80 Å². The molecule has 21 heavy (non-hydrogen) atoms. The summed E-state index contributed by atoms with van der Waals surface area (Å²) in [6, 6.07) is 8.81. The third kappa shape index (κ3) is 1.65. The molecule has 5 rings (SSSR count). The maximum atomic E-state index is 12.9. The van der Waals surface area contributed by atoms with Crippen LogP contribution in [0.15, 0.2) is 24.3 Å². The van der Waals surface area contributed by atoms with Gasteiger partial charge < -0.3 is 0 Å². The van der Waals surface area contributed by atoms with Crippen molar-refractivity contribution in [2.75, 3.05) is 26.2 Å². The highest BCUT2D eigenvalue weighted by atomic mass is 16.1. The molecule has 2 unspecified atom stereocenters. The molecule has 4 saturated heterocycles. The second-order valence-corrected chi connectivity index (χ2v) is 7.84. The third-order valence-corrected chi connectivity index (χ3v) is 6.39. The number of carbonyl (C=O) groups excluding carboxylic acids is 1. The van der Waals surface area contributed by atoms with Gasteiger partial charge in [0.15, 0.2) is 5.78 Å². The first-order valence-electron chi connectivity index (χ1n) is 8.29. The molecular weight excluding hydrogens is 260 g/mol. The maximum absolute atomic E-state index is 12.9. The van der Waals surface area contributed by atoms with E-state index >= 15 is 0 Å². The largest absolute Gasteiger partial charge is 0.297 e. The van der Waals surface area contributed by atoms with E-state index in [-0.39, 0.29) is 10.8 Å². The van der Waals surface area contributed by atoms with E-state index in [2.05, 4.69) is 45.0 Å². The zero-order valence-corrected chi connectivity index (χ0v) is 13.3. The lowest BCUT2D eigenvalue weighted by Gasteiger charge is -2.59. The van der Waals surface area contributed by atoms with Gasteiger partial charge in [-0.15, -0.1) is 0 Å². The Hall–Kier alpha value is -1.19. The number of quaternary nitrogens is 2. The molecule has 2 N–H and O–H groups in total. The Morgan fingerprint density at radius 2 is 1.76 bits per heavy atom. The third-order valence-electron chi connectivity index (χ3n) is 6.39. The molecule has 0 aromatic heterocycles. The van der Waals surface area contributed by atoms with Gasteiger partial charge in [-0.05, 0) is 31.9 Å². The molecule has 0 aliphatic carbocycles. The van der Waals surface area contributed by atoms with E-state index in [0.29, 0.717) is 11.9 Å². The fraction of sp³-hybridized carbons (Fsp3) is 0.611. The predicted octanol–water partition coefficient (Wildman–Crippen LogP) is -0.224. The van der Waals surface area contributed by atoms with Crippen LogP contribution in [0.2, 0.25) is 0 Å². The first kappa shape index (κ1) is 13.5. The lowest BCUT2D eigenvalue weighted by Crippen LogP contribution is -3.41. The Morgan fingerprint density at radius 1 is 1.14 bits per heavy atom. The zero-order valence-electron chi connectivity index (χ0n) is 13.3. The summed E-state index contributed by atoms with van der Waals surface area (Å²) in [6.07, 6.45) is 1.54. The first-order chi connectivity index (χ1) is 9.99. The van der Waals surface area contributed by atoms with Gasteiger partial charge in [0.1, 0.15) is 23.9 Å². The highest BCUT2D eigenvalue weighted by Crippen LogP contribution is 2.38. The van der Waals surface area contributed by atoms with Crippen LogP contribution in [0.25, 0.3) is 0 Å². The molecule has 0 saturated carbocycles. The molecule has 3 nitrogen and oxygen atoms in total. The smallest absolute Gasteiger partial charge is 0.240 e. The van der Waals surface area contributed by atoms with Gasteiger partial charge in [0, 0.05) is 0 Å². The van der Waals surface area contributed by atoms with Crippen molar-refractivity contribution < 1.29 is 14.6 Å². The Kier molecular flexibility index (Phi) is 2.68. The molecule has 3 heteroatoms. The van der Waals surface area contributed by atoms with Crippen molar-refractivity contribution in [3.63, 3.8) is 0 Å². The number of ketones is 1. The molecule has 112 valence electrons. The highest BCUT2D eigenvalue weighted by molar-refractivity contribution is 5.91. The van der Waals surface area contributed by atoms with Crippen LogP contribution in [0.4, 0.5) is 0 Å². The predicted molar refractivity (Wildman–Crippen MR) is 81.2 cm³/mol. The Morgan fingerprint density at radius 3 is 2.33 bits per heavy atom. The summed E-state index contributed by atoms with van der Waals surface area (Å²) in [4.78, 5) is 16.2. The fourth-order valence-corrected chi connectivity index (χ4v) is 5.54. The summed E-state index contributed by atoms with van der Waals surface area (Å²) in [7, 11) is 0. The zero-order chi connectivity index (χ0) is 14.8. The summed E-state index contributed by atoms with van der Waals surface area (Å²) in [5.74, 6) is 0.563. The summed E-state index contributed by atoms with van der Waals surface area (Å²) in [5, 5.41) is 0. The topological polar surface area (TPSA) is 26.0 Å². The number of hydrogen-bond acceptors (Lipinski definition) is 1. The SMILES string of the molecule is CCC12C[NH+]3CC(C)(C[NH+](C1)C3c1ccccc1C)C2=O. The normalized spacial score (nSPS) is 44.3. The molecule has 0 radical (unpaired) electrons. The number of benzene rings is 1. The quantitative estimate of drug-likeness (QED) is 0.772. The number of carbonyl (C=O) groups is 1. The van der Waals surface area contributed by atoms with Crippen molar-refractivity contribution in [1.29, 1.82) is 0 Å². The van der Waals surface area contributed by atoms with Crippen molar-refractivity contribution >= 4 is 5.78 Å². The van der Waals surface area contributed by atoms with E-state index in [4.69, 9.17) is 0 Å². The minimum atomic E-state index is -0.0869. The monoisotopic (exact) mass is 286 g/mol. The van der Waals surface area contributed by atoms with E-state index in [1.54, 1.807) is 9.80 Å². The molecule has 4 aliphatic rings. The lowest BCUT2D eigenvalue weighted by molar-refractivity contribution is -1.18. The van der Waals surface area contributed by atoms with Crippen LogP contribution in [0, 0.1) is 17.8 Å². The molecule has 4 heterocycles. The van der Waals surface area contributed by atoms with Gasteiger partial charge in [-0.25, -0.2) is 0 Å². The van der Waals surface area contributed by atoms with Crippen LogP contribution in [-0.4, -0.2) is 32.0 Å². The number of rotatable bonds is 2. The van der Waals surface area contributed by atoms with Gasteiger partial charge >= 0.3 is 0 Å². The Balaban J connectivity index is 1.78. The number of Topliss-reactive ketones (excluding diaryl/α,β-unsaturated/α-hetero) is 1. The molecule has 0 amide bonds. The molecule has 1 aromatic carbocycles. The molecule has 2 atom stereocenters. The summed E-state index contributed by atoms with van der Waals surface area (Å²) >= 11 is 0. The summed E-state index contributed by atoms with van der Waals surface area (Å²) in [6.45, 7) is 10.8. The van der Waals surface area contributed by atoms with Gasteiger partial charge in [0.05, 0.1) is 18.7 Å². The van der Waals surface area contributed by atoms with E-state index in [1.165, 1.54) is 11.1 Å². The first-order valence-corrected chi connectivity index (χ1v) is 8.29. The van der Waals surface area contributed by atoms with Gasteiger partial charge in [-0.1, -0.05) is 25.1 Å². The van der Waals surface area contributed by atoms with Crippen molar-refractivity contribution in [2.45, 2.75) is 33.4 Å². The fourth-order valence-electron chi connectivity index (χ4n) is 5.54. The number of aryl methyl sites for hydroxylation is 1. The minimum absolute atomic E-state index is 0.0465. The number of piperidine rings is 2. The van der Waals surface area contributed by atoms with Crippen molar-refractivity contribution in [3.8, 4) is 0 Å². The van der Waals surface area contributed by atoms with E-state index in [1.807, 2.05) is 0 Å². The van der Waals surface area contributed by atoms with Gasteiger partial charge in [-0.2, -0.15) is 0 Å². The lowest BCUT2D eigenvalue weighted by atomic mass is 9.60. The molecule has 4 aliphatic heterocycles. The number of nitrogens with one attached hydrogen (secondary N) is 2. The average Bonchev–Trinajstić information content (AvgIpc) is 2.45. The van der Waals surface area contributed by atoms with E-state index < -0.39 is 0 Å². The Labute approximate surface area is 126 Å². The van der Waals surface area contributed by atoms with Crippen molar-refractivity contribution in [1.82, 2.24) is 0 Å². The number of hydrogen-bond donors (Lipinski definition) is 2.